The maximum atomic E-state index is 12.8. The molecule has 0 aromatic heterocycles. The van der Waals surface area contributed by atoms with Crippen molar-refractivity contribution in [3.8, 4) is 11.5 Å². The van der Waals surface area contributed by atoms with Crippen LogP contribution in [0.25, 0.3) is 0 Å². The number of hydrogen-bond acceptors (Lipinski definition) is 6. The first kappa shape index (κ1) is 20.4. The molecule has 158 valence electrons. The summed E-state index contributed by atoms with van der Waals surface area (Å²) in [5, 5.41) is 2.92. The smallest absolute Gasteiger partial charge is 0.241 e. The Labute approximate surface area is 176 Å². The van der Waals surface area contributed by atoms with Gasteiger partial charge in [-0.3, -0.25) is 19.4 Å². The van der Waals surface area contributed by atoms with Gasteiger partial charge in [0, 0.05) is 38.3 Å². The van der Waals surface area contributed by atoms with Crippen molar-refractivity contribution in [2.75, 3.05) is 38.3 Å². The number of amides is 1. The Balaban J connectivity index is 1.30. The largest absolute Gasteiger partial charge is 0.454 e. The van der Waals surface area contributed by atoms with Gasteiger partial charge in [0.15, 0.2) is 17.3 Å². The van der Waals surface area contributed by atoms with Gasteiger partial charge in [0.25, 0.3) is 0 Å². The Morgan fingerprint density at radius 1 is 1.03 bits per heavy atom. The van der Waals surface area contributed by atoms with E-state index in [-0.39, 0.29) is 24.5 Å². The highest BCUT2D eigenvalue weighted by Crippen LogP contribution is 2.32. The van der Waals surface area contributed by atoms with Gasteiger partial charge in [-0.25, -0.2) is 0 Å². The van der Waals surface area contributed by atoms with Crippen molar-refractivity contribution < 1.29 is 19.1 Å². The summed E-state index contributed by atoms with van der Waals surface area (Å²) in [5.41, 5.74) is 2.30. The number of ether oxygens (including phenoxy) is 2. The number of Topliss-reactive ketones (excluding diaryl/α,β-unsaturated/α-hetero) is 1. The second-order valence-corrected chi connectivity index (χ2v) is 7.77. The molecule has 2 aromatic rings. The van der Waals surface area contributed by atoms with Gasteiger partial charge in [0.2, 0.25) is 12.7 Å². The Morgan fingerprint density at radius 2 is 1.77 bits per heavy atom. The van der Waals surface area contributed by atoms with E-state index in [2.05, 4.69) is 21.2 Å². The predicted molar refractivity (Wildman–Crippen MR) is 114 cm³/mol. The molecule has 2 aliphatic rings. The van der Waals surface area contributed by atoms with Crippen LogP contribution in [-0.2, 0) is 11.3 Å². The third-order valence-corrected chi connectivity index (χ3v) is 5.74. The lowest BCUT2D eigenvalue weighted by Gasteiger charge is -2.37. The number of carbonyl (C=O) groups is 2. The highest BCUT2D eigenvalue weighted by molar-refractivity contribution is 6.04. The van der Waals surface area contributed by atoms with E-state index in [4.69, 9.17) is 9.47 Å². The summed E-state index contributed by atoms with van der Waals surface area (Å²) in [7, 11) is 0. The van der Waals surface area contributed by atoms with E-state index in [0.717, 1.165) is 44.2 Å². The molecule has 1 amide bonds. The SMILES string of the molecule is CC(=O)c1ccccc1NC(=O)[C@H](C)N1CCN(Cc2ccc3c(c2)OCO3)CC1. The number of rotatable bonds is 6. The van der Waals surface area contributed by atoms with Crippen LogP contribution in [0.4, 0.5) is 5.69 Å². The van der Waals surface area contributed by atoms with Crippen LogP contribution in [0.2, 0.25) is 0 Å². The van der Waals surface area contributed by atoms with Gasteiger partial charge in [0.1, 0.15) is 0 Å². The molecule has 0 saturated carbocycles. The molecular formula is C23H27N3O4. The molecule has 1 N–H and O–H groups in total. The zero-order valence-corrected chi connectivity index (χ0v) is 17.4. The number of anilines is 1. The van der Waals surface area contributed by atoms with E-state index >= 15 is 0 Å². The van der Waals surface area contributed by atoms with Crippen LogP contribution in [0.5, 0.6) is 11.5 Å². The van der Waals surface area contributed by atoms with Gasteiger partial charge >= 0.3 is 0 Å². The number of nitrogens with zero attached hydrogens (tertiary/aromatic N) is 2. The molecule has 7 nitrogen and oxygen atoms in total. The van der Waals surface area contributed by atoms with Gasteiger partial charge in [-0.05, 0) is 43.7 Å². The van der Waals surface area contributed by atoms with Crippen molar-refractivity contribution >= 4 is 17.4 Å². The average molecular weight is 409 g/mol. The Bertz CT molecular complexity index is 938. The van der Waals surface area contributed by atoms with Gasteiger partial charge < -0.3 is 14.8 Å². The second-order valence-electron chi connectivity index (χ2n) is 7.77. The fourth-order valence-electron chi connectivity index (χ4n) is 3.91. The van der Waals surface area contributed by atoms with Crippen molar-refractivity contribution in [1.29, 1.82) is 0 Å². The molecule has 2 aliphatic heterocycles. The van der Waals surface area contributed by atoms with Crippen molar-refractivity contribution in [3.05, 3.63) is 53.6 Å². The molecule has 1 fully saturated rings. The van der Waals surface area contributed by atoms with Gasteiger partial charge in [-0.2, -0.15) is 0 Å². The molecule has 0 unspecified atom stereocenters. The van der Waals surface area contributed by atoms with E-state index in [0.29, 0.717) is 11.3 Å². The Hall–Kier alpha value is -2.90. The average Bonchev–Trinajstić information content (AvgIpc) is 3.22. The molecule has 0 bridgehead atoms. The van der Waals surface area contributed by atoms with Gasteiger partial charge in [0.05, 0.1) is 11.7 Å². The first-order valence-electron chi connectivity index (χ1n) is 10.3. The molecule has 0 aliphatic carbocycles. The van der Waals surface area contributed by atoms with E-state index < -0.39 is 0 Å². The number of carbonyl (C=O) groups excluding carboxylic acids is 2. The maximum absolute atomic E-state index is 12.8. The lowest BCUT2D eigenvalue weighted by atomic mass is 10.1. The minimum absolute atomic E-state index is 0.0596. The van der Waals surface area contributed by atoms with Crippen molar-refractivity contribution in [2.45, 2.75) is 26.4 Å². The minimum Gasteiger partial charge on any atom is -0.454 e. The van der Waals surface area contributed by atoms with Crippen LogP contribution < -0.4 is 14.8 Å². The molecular weight excluding hydrogens is 382 g/mol. The molecule has 7 heteroatoms. The van der Waals surface area contributed by atoms with E-state index in [1.165, 1.54) is 12.5 Å². The van der Waals surface area contributed by atoms with E-state index in [9.17, 15) is 9.59 Å². The summed E-state index contributed by atoms with van der Waals surface area (Å²) >= 11 is 0. The molecule has 30 heavy (non-hydrogen) atoms. The standard InChI is InChI=1S/C23H27N3O4/c1-16(23(28)24-20-6-4-3-5-19(20)17(2)27)26-11-9-25(10-12-26)14-18-7-8-21-22(13-18)30-15-29-21/h3-8,13,16H,9-12,14-15H2,1-2H3,(H,24,28)/t16-/m0/s1. The number of hydrogen-bond donors (Lipinski definition) is 1. The molecule has 0 radical (unpaired) electrons. The van der Waals surface area contributed by atoms with Gasteiger partial charge in [-0.1, -0.05) is 18.2 Å². The second kappa shape index (κ2) is 8.85. The third kappa shape index (κ3) is 4.47. The number of fused-ring (bicyclic) bond motifs is 1. The number of para-hydroxylation sites is 1. The van der Waals surface area contributed by atoms with Crippen LogP contribution in [0.15, 0.2) is 42.5 Å². The highest BCUT2D eigenvalue weighted by Gasteiger charge is 2.26. The fraction of sp³-hybridized carbons (Fsp3) is 0.391. The maximum Gasteiger partial charge on any atom is 0.241 e. The summed E-state index contributed by atoms with van der Waals surface area (Å²) < 4.78 is 10.8. The van der Waals surface area contributed by atoms with E-state index in [1.807, 2.05) is 25.1 Å². The van der Waals surface area contributed by atoms with Crippen LogP contribution in [0.1, 0.15) is 29.8 Å². The molecule has 0 spiro atoms. The number of ketones is 1. The number of nitrogens with one attached hydrogen (secondary N) is 1. The van der Waals surface area contributed by atoms with Crippen molar-refractivity contribution in [2.24, 2.45) is 0 Å². The highest BCUT2D eigenvalue weighted by atomic mass is 16.7. The fourth-order valence-corrected chi connectivity index (χ4v) is 3.91. The van der Waals surface area contributed by atoms with Gasteiger partial charge in [-0.15, -0.1) is 0 Å². The van der Waals surface area contributed by atoms with Crippen molar-refractivity contribution in [1.82, 2.24) is 9.80 Å². The normalized spacial score (nSPS) is 17.5. The first-order valence-corrected chi connectivity index (χ1v) is 10.3. The zero-order chi connectivity index (χ0) is 21.1. The minimum atomic E-state index is -0.266. The summed E-state index contributed by atoms with van der Waals surface area (Å²) in [6.07, 6.45) is 0. The lowest BCUT2D eigenvalue weighted by Crippen LogP contribution is -2.52. The summed E-state index contributed by atoms with van der Waals surface area (Å²) in [5.74, 6) is 1.46. The topological polar surface area (TPSA) is 71.1 Å². The van der Waals surface area contributed by atoms with Crippen LogP contribution >= 0.6 is 0 Å². The molecule has 4 rings (SSSR count). The number of benzene rings is 2. The van der Waals surface area contributed by atoms with Crippen LogP contribution in [0, 0.1) is 0 Å². The predicted octanol–water partition coefficient (Wildman–Crippen LogP) is 2.76. The van der Waals surface area contributed by atoms with Crippen LogP contribution in [-0.4, -0.2) is 60.5 Å². The quantitative estimate of drug-likeness (QED) is 0.740. The zero-order valence-electron chi connectivity index (χ0n) is 17.4. The van der Waals surface area contributed by atoms with Crippen LogP contribution in [0.3, 0.4) is 0 Å². The molecule has 2 aromatic carbocycles. The lowest BCUT2D eigenvalue weighted by molar-refractivity contribution is -0.121. The molecule has 2 heterocycles. The first-order chi connectivity index (χ1) is 14.5. The Morgan fingerprint density at radius 3 is 2.53 bits per heavy atom. The summed E-state index contributed by atoms with van der Waals surface area (Å²) in [6.45, 7) is 7.95. The monoisotopic (exact) mass is 409 g/mol. The molecule has 1 saturated heterocycles. The van der Waals surface area contributed by atoms with E-state index in [1.54, 1.807) is 18.2 Å². The third-order valence-electron chi connectivity index (χ3n) is 5.74. The number of piperazine rings is 1. The summed E-state index contributed by atoms with van der Waals surface area (Å²) in [6, 6.07) is 12.9. The Kier molecular flexibility index (Phi) is 6.01. The molecule has 1 atom stereocenters. The van der Waals surface area contributed by atoms with Crippen molar-refractivity contribution in [3.63, 3.8) is 0 Å². The summed E-state index contributed by atoms with van der Waals surface area (Å²) in [4.78, 5) is 29.1.